The van der Waals surface area contributed by atoms with Crippen molar-refractivity contribution in [3.63, 3.8) is 0 Å². The first-order chi connectivity index (χ1) is 11.1. The molecule has 0 aliphatic heterocycles. The molecular weight excluding hydrogens is 349 g/mol. The maximum Gasteiger partial charge on any atom is 0.401 e. The first-order valence-corrected chi connectivity index (χ1v) is 7.36. The molecule has 0 spiro atoms. The molecule has 6 nitrogen and oxygen atoms in total. The third-order valence-corrected chi connectivity index (χ3v) is 3.26. The Balaban J connectivity index is 2.34. The number of alkyl halides is 3. The fourth-order valence-electron chi connectivity index (χ4n) is 1.90. The maximum absolute atomic E-state index is 12.1. The first-order valence-electron chi connectivity index (χ1n) is 6.98. The highest BCUT2D eigenvalue weighted by Gasteiger charge is 2.28. The number of benzene rings is 1. The molecule has 0 bridgehead atoms. The van der Waals surface area contributed by atoms with Crippen LogP contribution in [0.2, 0.25) is 5.02 Å². The summed E-state index contributed by atoms with van der Waals surface area (Å²) < 4.78 is 36.4. The van der Waals surface area contributed by atoms with E-state index in [0.29, 0.717) is 12.1 Å². The second-order valence-corrected chi connectivity index (χ2v) is 5.55. The number of rotatable bonds is 7. The van der Waals surface area contributed by atoms with Crippen LogP contribution < -0.4 is 16.4 Å². The Bertz CT molecular complexity index is 596. The third kappa shape index (κ3) is 7.51. The lowest BCUT2D eigenvalue weighted by Gasteiger charge is -2.18. The van der Waals surface area contributed by atoms with Gasteiger partial charge in [0, 0.05) is 12.2 Å². The van der Waals surface area contributed by atoms with Gasteiger partial charge in [0.1, 0.15) is 0 Å². The van der Waals surface area contributed by atoms with E-state index in [2.05, 4.69) is 10.6 Å². The van der Waals surface area contributed by atoms with Crippen LogP contribution in [0, 0.1) is 0 Å². The minimum absolute atomic E-state index is 0.106. The van der Waals surface area contributed by atoms with Gasteiger partial charge < -0.3 is 16.4 Å². The highest BCUT2D eigenvalue weighted by molar-refractivity contribution is 6.34. The van der Waals surface area contributed by atoms with Gasteiger partial charge in [-0.05, 0) is 38.2 Å². The van der Waals surface area contributed by atoms with Crippen LogP contribution in [0.4, 0.5) is 23.7 Å². The van der Waals surface area contributed by atoms with Gasteiger partial charge in [0.15, 0.2) is 0 Å². The number of hydrogen-bond acceptors (Lipinski definition) is 3. The van der Waals surface area contributed by atoms with E-state index >= 15 is 0 Å². The zero-order chi connectivity index (χ0) is 18.3. The van der Waals surface area contributed by atoms with Gasteiger partial charge in [-0.1, -0.05) is 11.6 Å². The number of amides is 3. The van der Waals surface area contributed by atoms with Crippen LogP contribution in [0.5, 0.6) is 0 Å². The lowest BCUT2D eigenvalue weighted by molar-refractivity contribution is -0.143. The van der Waals surface area contributed by atoms with Crippen LogP contribution in [0.3, 0.4) is 0 Å². The van der Waals surface area contributed by atoms with E-state index < -0.39 is 24.7 Å². The van der Waals surface area contributed by atoms with Crippen molar-refractivity contribution in [3.05, 3.63) is 28.8 Å². The number of carbonyl (C=O) groups excluding carboxylic acids is 2. The van der Waals surface area contributed by atoms with Gasteiger partial charge in [-0.2, -0.15) is 13.2 Å². The Morgan fingerprint density at radius 3 is 2.54 bits per heavy atom. The fraction of sp³-hybridized carbons (Fsp3) is 0.429. The second kappa shape index (κ2) is 8.74. The monoisotopic (exact) mass is 366 g/mol. The van der Waals surface area contributed by atoms with Crippen LogP contribution in [0.1, 0.15) is 16.8 Å². The molecular formula is C14H18ClF3N4O2. The van der Waals surface area contributed by atoms with Gasteiger partial charge in [-0.15, -0.1) is 0 Å². The summed E-state index contributed by atoms with van der Waals surface area (Å²) in [4.78, 5) is 23.8. The van der Waals surface area contributed by atoms with Crippen molar-refractivity contribution in [2.45, 2.75) is 12.6 Å². The average molecular weight is 367 g/mol. The van der Waals surface area contributed by atoms with E-state index in [-0.39, 0.29) is 23.7 Å². The smallest absolute Gasteiger partial charge is 0.366 e. The predicted octanol–water partition coefficient (Wildman–Crippen LogP) is 2.44. The third-order valence-electron chi connectivity index (χ3n) is 2.94. The Labute approximate surface area is 142 Å². The van der Waals surface area contributed by atoms with E-state index in [9.17, 15) is 22.8 Å². The summed E-state index contributed by atoms with van der Waals surface area (Å²) >= 11 is 5.85. The minimum atomic E-state index is -4.24. The highest BCUT2D eigenvalue weighted by atomic mass is 35.5. The molecule has 0 unspecified atom stereocenters. The van der Waals surface area contributed by atoms with E-state index in [4.69, 9.17) is 17.3 Å². The molecule has 0 aliphatic rings. The summed E-state index contributed by atoms with van der Waals surface area (Å²) in [6, 6.07) is 3.68. The number of hydrogen-bond donors (Lipinski definition) is 3. The molecule has 0 radical (unpaired) electrons. The molecule has 3 amide bonds. The molecule has 0 aromatic heterocycles. The topological polar surface area (TPSA) is 87.5 Å². The number of urea groups is 1. The number of nitrogens with zero attached hydrogens (tertiary/aromatic N) is 1. The molecule has 1 rings (SSSR count). The predicted molar refractivity (Wildman–Crippen MR) is 85.2 cm³/mol. The Hall–Kier alpha value is -2.00. The molecule has 1 aromatic rings. The van der Waals surface area contributed by atoms with E-state index in [1.54, 1.807) is 0 Å². The summed E-state index contributed by atoms with van der Waals surface area (Å²) in [5.41, 5.74) is 5.60. The number of nitrogens with one attached hydrogen (secondary N) is 2. The van der Waals surface area contributed by atoms with Crippen LogP contribution in [-0.4, -0.2) is 49.7 Å². The maximum atomic E-state index is 12.1. The van der Waals surface area contributed by atoms with Crippen molar-refractivity contribution < 1.29 is 22.8 Å². The molecule has 0 atom stereocenters. The quantitative estimate of drug-likeness (QED) is 0.648. The van der Waals surface area contributed by atoms with Gasteiger partial charge >= 0.3 is 12.2 Å². The molecule has 10 heteroatoms. The summed E-state index contributed by atoms with van der Waals surface area (Å²) in [6.07, 6.45) is -3.88. The molecule has 0 saturated carbocycles. The molecule has 0 heterocycles. The summed E-state index contributed by atoms with van der Waals surface area (Å²) in [5.74, 6) is -0.682. The molecule has 4 N–H and O–H groups in total. The van der Waals surface area contributed by atoms with Gasteiger partial charge in [0.05, 0.1) is 17.1 Å². The average Bonchev–Trinajstić information content (AvgIpc) is 2.41. The molecule has 0 aliphatic carbocycles. The van der Waals surface area contributed by atoms with Gasteiger partial charge in [0.25, 0.3) is 0 Å². The zero-order valence-electron chi connectivity index (χ0n) is 12.9. The minimum Gasteiger partial charge on any atom is -0.366 e. The summed E-state index contributed by atoms with van der Waals surface area (Å²) in [6.45, 7) is -0.593. The highest BCUT2D eigenvalue weighted by Crippen LogP contribution is 2.20. The van der Waals surface area contributed by atoms with Gasteiger partial charge in [-0.25, -0.2) is 4.79 Å². The zero-order valence-corrected chi connectivity index (χ0v) is 13.7. The largest absolute Gasteiger partial charge is 0.401 e. The van der Waals surface area contributed by atoms with Crippen LogP contribution in [0.25, 0.3) is 0 Å². The molecule has 24 heavy (non-hydrogen) atoms. The molecule has 1 aromatic carbocycles. The lowest BCUT2D eigenvalue weighted by atomic mass is 10.2. The number of primary amides is 1. The SMILES string of the molecule is CN(CCCNC(=O)Nc1ccc(C(N)=O)c(Cl)c1)CC(F)(F)F. The van der Waals surface area contributed by atoms with Crippen molar-refractivity contribution in [2.75, 3.05) is 32.0 Å². The first kappa shape index (κ1) is 20.0. The van der Waals surface area contributed by atoms with Crippen LogP contribution in [-0.2, 0) is 0 Å². The fourth-order valence-corrected chi connectivity index (χ4v) is 2.18. The normalized spacial score (nSPS) is 11.4. The van der Waals surface area contributed by atoms with Gasteiger partial charge in [0.2, 0.25) is 5.91 Å². The van der Waals surface area contributed by atoms with E-state index in [1.807, 2.05) is 0 Å². The lowest BCUT2D eigenvalue weighted by Crippen LogP contribution is -2.34. The molecule has 134 valence electrons. The second-order valence-electron chi connectivity index (χ2n) is 5.15. The van der Waals surface area contributed by atoms with Crippen LogP contribution in [0.15, 0.2) is 18.2 Å². The Morgan fingerprint density at radius 1 is 1.33 bits per heavy atom. The van der Waals surface area contributed by atoms with Gasteiger partial charge in [-0.3, -0.25) is 9.69 Å². The standard InChI is InChI=1S/C14H18ClF3N4O2/c1-22(8-14(16,17)18)6-2-5-20-13(24)21-9-3-4-10(12(19)23)11(15)7-9/h3-4,7H,2,5-6,8H2,1H3,(H2,19,23)(H2,20,21,24). The molecule has 0 fully saturated rings. The molecule has 0 saturated heterocycles. The van der Waals surface area contributed by atoms with E-state index in [1.165, 1.54) is 25.2 Å². The van der Waals surface area contributed by atoms with Crippen molar-refractivity contribution in [1.29, 1.82) is 0 Å². The van der Waals surface area contributed by atoms with Crippen molar-refractivity contribution in [3.8, 4) is 0 Å². The van der Waals surface area contributed by atoms with Crippen LogP contribution >= 0.6 is 11.6 Å². The number of halogens is 4. The van der Waals surface area contributed by atoms with Crippen molar-refractivity contribution in [1.82, 2.24) is 10.2 Å². The number of nitrogens with two attached hydrogens (primary N) is 1. The van der Waals surface area contributed by atoms with E-state index in [0.717, 1.165) is 4.90 Å². The number of anilines is 1. The Morgan fingerprint density at radius 2 is 2.00 bits per heavy atom. The number of carbonyl (C=O) groups is 2. The Kier molecular flexibility index (Phi) is 7.30. The van der Waals surface area contributed by atoms with Crippen molar-refractivity contribution in [2.24, 2.45) is 5.73 Å². The van der Waals surface area contributed by atoms with Crippen molar-refractivity contribution >= 4 is 29.2 Å². The summed E-state index contributed by atoms with van der Waals surface area (Å²) in [7, 11) is 1.36. The summed E-state index contributed by atoms with van der Waals surface area (Å²) in [5, 5.41) is 5.11.